The summed E-state index contributed by atoms with van der Waals surface area (Å²) in [5.74, 6) is 0.373. The van der Waals surface area contributed by atoms with Gasteiger partial charge in [0.15, 0.2) is 0 Å². The average Bonchev–Trinajstić information content (AvgIpc) is 2.67. The molecule has 0 nitrogen and oxygen atoms in total. The zero-order chi connectivity index (χ0) is 16.2. The summed E-state index contributed by atoms with van der Waals surface area (Å²) < 4.78 is 0. The number of hydrogen-bond donors (Lipinski definition) is 0. The van der Waals surface area contributed by atoms with E-state index >= 15 is 0 Å². The van der Waals surface area contributed by atoms with Crippen LogP contribution in [0.2, 0.25) is 0 Å². The second-order valence-corrected chi connectivity index (χ2v) is 6.22. The van der Waals surface area contributed by atoms with Crippen molar-refractivity contribution in [1.29, 1.82) is 0 Å². The third kappa shape index (κ3) is 2.96. The minimum atomic E-state index is 0.373. The number of benzene rings is 4. The second-order valence-electron chi connectivity index (χ2n) is 6.22. The first kappa shape index (κ1) is 14.7. The van der Waals surface area contributed by atoms with Crippen LogP contribution in [0.25, 0.3) is 10.8 Å². The van der Waals surface area contributed by atoms with Gasteiger partial charge in [0.25, 0.3) is 0 Å². The van der Waals surface area contributed by atoms with E-state index in [1.54, 1.807) is 0 Å². The lowest BCUT2D eigenvalue weighted by molar-refractivity contribution is 0.810. The number of hydrogen-bond acceptors (Lipinski definition) is 0. The first-order chi connectivity index (χ1) is 11.9. The van der Waals surface area contributed by atoms with E-state index in [9.17, 15) is 0 Å². The lowest BCUT2D eigenvalue weighted by Crippen LogP contribution is -2.05. The van der Waals surface area contributed by atoms with Crippen molar-refractivity contribution in [3.8, 4) is 0 Å². The highest BCUT2D eigenvalue weighted by Crippen LogP contribution is 2.31. The third-order valence-electron chi connectivity index (χ3n) is 4.71. The van der Waals surface area contributed by atoms with E-state index in [0.717, 1.165) is 6.42 Å². The zero-order valence-corrected chi connectivity index (χ0v) is 13.6. The fourth-order valence-electron chi connectivity index (χ4n) is 3.49. The largest absolute Gasteiger partial charge is 0.0622 e. The van der Waals surface area contributed by atoms with E-state index in [1.165, 1.54) is 27.5 Å². The van der Waals surface area contributed by atoms with Crippen molar-refractivity contribution in [2.24, 2.45) is 0 Å². The van der Waals surface area contributed by atoms with Gasteiger partial charge < -0.3 is 0 Å². The molecule has 0 heterocycles. The Morgan fingerprint density at radius 3 is 1.71 bits per heavy atom. The molecule has 0 bridgehead atoms. The summed E-state index contributed by atoms with van der Waals surface area (Å²) in [5, 5.41) is 2.67. The Morgan fingerprint density at radius 2 is 1.04 bits per heavy atom. The van der Waals surface area contributed by atoms with Crippen LogP contribution >= 0.6 is 0 Å². The van der Waals surface area contributed by atoms with Gasteiger partial charge in [-0.2, -0.15) is 0 Å². The van der Waals surface area contributed by atoms with E-state index in [1.807, 2.05) is 0 Å². The zero-order valence-electron chi connectivity index (χ0n) is 13.6. The topological polar surface area (TPSA) is 0 Å². The van der Waals surface area contributed by atoms with Gasteiger partial charge >= 0.3 is 0 Å². The van der Waals surface area contributed by atoms with E-state index in [-0.39, 0.29) is 0 Å². The summed E-state index contributed by atoms with van der Waals surface area (Å²) in [7, 11) is 0. The quantitative estimate of drug-likeness (QED) is 0.420. The molecule has 0 aliphatic carbocycles. The van der Waals surface area contributed by atoms with Gasteiger partial charge in [0.2, 0.25) is 0 Å². The molecule has 0 saturated carbocycles. The maximum atomic E-state index is 2.27. The van der Waals surface area contributed by atoms with Crippen LogP contribution in [0.4, 0.5) is 0 Å². The van der Waals surface area contributed by atoms with Crippen LogP contribution in [0.5, 0.6) is 0 Å². The van der Waals surface area contributed by atoms with Gasteiger partial charge in [0, 0.05) is 5.92 Å². The number of fused-ring (bicyclic) bond motifs is 1. The Labute approximate surface area is 143 Å². The van der Waals surface area contributed by atoms with Crippen LogP contribution in [-0.2, 0) is 6.42 Å². The highest BCUT2D eigenvalue weighted by molar-refractivity contribution is 5.85. The molecular formula is C24H20. The molecule has 0 aliphatic heterocycles. The highest BCUT2D eigenvalue weighted by Gasteiger charge is 2.15. The molecule has 0 aromatic heterocycles. The molecule has 4 rings (SSSR count). The molecule has 0 fully saturated rings. The molecule has 116 valence electrons. The molecule has 4 aromatic rings. The monoisotopic (exact) mass is 308 g/mol. The van der Waals surface area contributed by atoms with Crippen molar-refractivity contribution in [3.63, 3.8) is 0 Å². The molecule has 0 aliphatic rings. The summed E-state index contributed by atoms with van der Waals surface area (Å²) in [6.45, 7) is 0. The van der Waals surface area contributed by atoms with E-state index in [0.29, 0.717) is 5.92 Å². The SMILES string of the molecule is c1ccc(C(Cc2cccc3ccccc23)c2ccccc2)cc1. The molecular weight excluding hydrogens is 288 g/mol. The van der Waals surface area contributed by atoms with Gasteiger partial charge in [-0.3, -0.25) is 0 Å². The van der Waals surface area contributed by atoms with Gasteiger partial charge in [-0.25, -0.2) is 0 Å². The maximum Gasteiger partial charge on any atom is 0.0130 e. The fraction of sp³-hybridized carbons (Fsp3) is 0.0833. The van der Waals surface area contributed by atoms with Gasteiger partial charge in [0.05, 0.1) is 0 Å². The van der Waals surface area contributed by atoms with Crippen molar-refractivity contribution in [3.05, 3.63) is 120 Å². The minimum Gasteiger partial charge on any atom is -0.0622 e. The summed E-state index contributed by atoms with van der Waals surface area (Å²) in [5.41, 5.74) is 4.15. The highest BCUT2D eigenvalue weighted by atomic mass is 14.2. The van der Waals surface area contributed by atoms with Crippen molar-refractivity contribution in [1.82, 2.24) is 0 Å². The van der Waals surface area contributed by atoms with Gasteiger partial charge in [-0.15, -0.1) is 0 Å². The summed E-state index contributed by atoms with van der Waals surface area (Å²) in [4.78, 5) is 0. The molecule has 0 heteroatoms. The fourth-order valence-corrected chi connectivity index (χ4v) is 3.49. The van der Waals surface area contributed by atoms with E-state index in [4.69, 9.17) is 0 Å². The molecule has 0 atom stereocenters. The van der Waals surface area contributed by atoms with Crippen molar-refractivity contribution < 1.29 is 0 Å². The standard InChI is InChI=1S/C24H20/c1-3-10-20(11-4-1)24(21-12-5-2-6-13-21)18-22-16-9-15-19-14-7-8-17-23(19)22/h1-17,24H,18H2. The first-order valence-corrected chi connectivity index (χ1v) is 8.48. The Morgan fingerprint density at radius 1 is 0.500 bits per heavy atom. The summed E-state index contributed by atoms with van der Waals surface area (Å²) >= 11 is 0. The van der Waals surface area contributed by atoms with Crippen molar-refractivity contribution in [2.75, 3.05) is 0 Å². The predicted octanol–water partition coefficient (Wildman–Crippen LogP) is 6.21. The average molecular weight is 308 g/mol. The minimum absolute atomic E-state index is 0.373. The lowest BCUT2D eigenvalue weighted by atomic mass is 9.85. The maximum absolute atomic E-state index is 2.27. The molecule has 0 spiro atoms. The molecule has 24 heavy (non-hydrogen) atoms. The van der Waals surface area contributed by atoms with E-state index < -0.39 is 0 Å². The number of rotatable bonds is 4. The van der Waals surface area contributed by atoms with E-state index in [2.05, 4.69) is 103 Å². The van der Waals surface area contributed by atoms with Crippen LogP contribution in [0, 0.1) is 0 Å². The van der Waals surface area contributed by atoms with Crippen LogP contribution in [0.15, 0.2) is 103 Å². The summed E-state index contributed by atoms with van der Waals surface area (Å²) in [6, 6.07) is 37.0. The van der Waals surface area contributed by atoms with Gasteiger partial charge in [-0.05, 0) is 33.9 Å². The predicted molar refractivity (Wildman–Crippen MR) is 102 cm³/mol. The Bertz CT molecular complexity index is 879. The molecule has 4 aromatic carbocycles. The van der Waals surface area contributed by atoms with Gasteiger partial charge in [0.1, 0.15) is 0 Å². The Kier molecular flexibility index (Phi) is 4.12. The normalized spacial score (nSPS) is 11.0. The smallest absolute Gasteiger partial charge is 0.0130 e. The first-order valence-electron chi connectivity index (χ1n) is 8.48. The van der Waals surface area contributed by atoms with Crippen LogP contribution in [-0.4, -0.2) is 0 Å². The summed E-state index contributed by atoms with van der Waals surface area (Å²) in [6.07, 6.45) is 1.01. The molecule has 0 unspecified atom stereocenters. The molecule has 0 amide bonds. The molecule has 0 radical (unpaired) electrons. The van der Waals surface area contributed by atoms with Crippen molar-refractivity contribution >= 4 is 10.8 Å². The van der Waals surface area contributed by atoms with Crippen LogP contribution in [0.1, 0.15) is 22.6 Å². The molecule has 0 saturated heterocycles. The Hall–Kier alpha value is -2.86. The lowest BCUT2D eigenvalue weighted by Gasteiger charge is -2.19. The van der Waals surface area contributed by atoms with Gasteiger partial charge in [-0.1, -0.05) is 103 Å². The van der Waals surface area contributed by atoms with Crippen LogP contribution < -0.4 is 0 Å². The van der Waals surface area contributed by atoms with Crippen molar-refractivity contribution in [2.45, 2.75) is 12.3 Å². The van der Waals surface area contributed by atoms with Crippen LogP contribution in [0.3, 0.4) is 0 Å². The second kappa shape index (κ2) is 6.72. The third-order valence-corrected chi connectivity index (χ3v) is 4.71. The Balaban J connectivity index is 1.80. The molecule has 0 N–H and O–H groups in total.